The Morgan fingerprint density at radius 1 is 1.37 bits per heavy atom. The molecule has 1 aromatic carbocycles. The lowest BCUT2D eigenvalue weighted by Crippen LogP contribution is -1.86. The molecule has 0 amide bonds. The first-order valence-electron chi connectivity index (χ1n) is 6.10. The van der Waals surface area contributed by atoms with Crippen molar-refractivity contribution in [3.63, 3.8) is 0 Å². The molecule has 0 bridgehead atoms. The van der Waals surface area contributed by atoms with Crippen molar-refractivity contribution in [2.75, 3.05) is 6.26 Å². The molecular formula is C14H14Cl2N2S. The van der Waals surface area contributed by atoms with E-state index in [0.29, 0.717) is 15.6 Å². The smallest absolute Gasteiger partial charge is 0.102 e. The SMILES string of the molecule is CCCCc1cc2c(SC)c(C#N)c(Cl)c(Cl)c2[nH]1. The topological polar surface area (TPSA) is 39.6 Å². The average molecular weight is 313 g/mol. The van der Waals surface area contributed by atoms with Gasteiger partial charge in [-0.05, 0) is 25.2 Å². The summed E-state index contributed by atoms with van der Waals surface area (Å²) in [5.74, 6) is 0. The molecule has 0 spiro atoms. The van der Waals surface area contributed by atoms with E-state index in [1.54, 1.807) is 0 Å². The van der Waals surface area contributed by atoms with Crippen LogP contribution in [0.15, 0.2) is 11.0 Å². The summed E-state index contributed by atoms with van der Waals surface area (Å²) in [7, 11) is 0. The predicted octanol–water partition coefficient (Wildman–Crippen LogP) is 5.41. The van der Waals surface area contributed by atoms with Crippen molar-refractivity contribution in [3.8, 4) is 6.07 Å². The largest absolute Gasteiger partial charge is 0.357 e. The van der Waals surface area contributed by atoms with Crippen LogP contribution in [0.1, 0.15) is 31.0 Å². The first-order valence-corrected chi connectivity index (χ1v) is 8.08. The van der Waals surface area contributed by atoms with Gasteiger partial charge >= 0.3 is 0 Å². The number of benzene rings is 1. The number of aryl methyl sites for hydroxylation is 1. The summed E-state index contributed by atoms with van der Waals surface area (Å²) in [4.78, 5) is 4.22. The van der Waals surface area contributed by atoms with Crippen molar-refractivity contribution in [1.29, 1.82) is 5.26 Å². The van der Waals surface area contributed by atoms with Crippen LogP contribution < -0.4 is 0 Å². The highest BCUT2D eigenvalue weighted by Crippen LogP contribution is 2.41. The molecule has 0 aliphatic rings. The highest BCUT2D eigenvalue weighted by atomic mass is 35.5. The Morgan fingerprint density at radius 2 is 2.11 bits per heavy atom. The molecule has 0 unspecified atom stereocenters. The Labute approximate surface area is 127 Å². The lowest BCUT2D eigenvalue weighted by atomic mass is 10.1. The normalized spacial score (nSPS) is 10.9. The third kappa shape index (κ3) is 2.58. The second kappa shape index (κ2) is 6.09. The molecule has 2 aromatic rings. The Balaban J connectivity index is 2.69. The van der Waals surface area contributed by atoms with Crippen LogP contribution >= 0.6 is 35.0 Å². The Bertz CT molecular complexity index is 656. The number of aromatic amines is 1. The fourth-order valence-electron chi connectivity index (χ4n) is 2.13. The number of thioether (sulfide) groups is 1. The van der Waals surface area contributed by atoms with Gasteiger partial charge in [-0.25, -0.2) is 0 Å². The molecule has 1 heterocycles. The van der Waals surface area contributed by atoms with Crippen molar-refractivity contribution in [3.05, 3.63) is 27.4 Å². The Hall–Kier alpha value is -0.820. The van der Waals surface area contributed by atoms with E-state index in [9.17, 15) is 5.26 Å². The zero-order chi connectivity index (χ0) is 14.0. The predicted molar refractivity (Wildman–Crippen MR) is 83.4 cm³/mol. The molecule has 2 nitrogen and oxygen atoms in total. The molecule has 0 aliphatic carbocycles. The first-order chi connectivity index (χ1) is 9.13. The van der Waals surface area contributed by atoms with E-state index < -0.39 is 0 Å². The van der Waals surface area contributed by atoms with Gasteiger partial charge in [-0.1, -0.05) is 36.5 Å². The van der Waals surface area contributed by atoms with Crippen molar-refractivity contribution < 1.29 is 0 Å². The maximum absolute atomic E-state index is 9.25. The summed E-state index contributed by atoms with van der Waals surface area (Å²) in [6.45, 7) is 2.16. The summed E-state index contributed by atoms with van der Waals surface area (Å²) in [5.41, 5.74) is 2.44. The maximum atomic E-state index is 9.25. The average Bonchev–Trinajstić information content (AvgIpc) is 2.84. The van der Waals surface area contributed by atoms with Crippen LogP contribution in [-0.2, 0) is 6.42 Å². The van der Waals surface area contributed by atoms with Crippen LogP contribution in [0.5, 0.6) is 0 Å². The van der Waals surface area contributed by atoms with Crippen molar-refractivity contribution in [2.45, 2.75) is 31.1 Å². The Morgan fingerprint density at radius 3 is 2.68 bits per heavy atom. The van der Waals surface area contributed by atoms with Crippen LogP contribution in [0.3, 0.4) is 0 Å². The lowest BCUT2D eigenvalue weighted by Gasteiger charge is -2.07. The van der Waals surface area contributed by atoms with Gasteiger partial charge in [0.25, 0.3) is 0 Å². The van der Waals surface area contributed by atoms with Gasteiger partial charge in [-0.3, -0.25) is 0 Å². The summed E-state index contributed by atoms with van der Waals surface area (Å²) in [6.07, 6.45) is 5.19. The molecule has 1 aromatic heterocycles. The highest BCUT2D eigenvalue weighted by Gasteiger charge is 2.18. The fraction of sp³-hybridized carbons (Fsp3) is 0.357. The van der Waals surface area contributed by atoms with Crippen LogP contribution in [0, 0.1) is 11.3 Å². The summed E-state index contributed by atoms with van der Waals surface area (Å²) in [6, 6.07) is 4.23. The molecule has 100 valence electrons. The quantitative estimate of drug-likeness (QED) is 0.766. The molecule has 0 atom stereocenters. The second-order valence-corrected chi connectivity index (χ2v) is 5.91. The van der Waals surface area contributed by atoms with E-state index in [2.05, 4.69) is 24.0 Å². The number of nitriles is 1. The number of hydrogen-bond acceptors (Lipinski definition) is 2. The van der Waals surface area contributed by atoms with E-state index in [4.69, 9.17) is 23.2 Å². The van der Waals surface area contributed by atoms with Gasteiger partial charge in [0, 0.05) is 16.0 Å². The molecule has 0 radical (unpaired) electrons. The van der Waals surface area contributed by atoms with Crippen molar-refractivity contribution in [1.82, 2.24) is 4.98 Å². The van der Waals surface area contributed by atoms with Crippen LogP contribution in [0.25, 0.3) is 10.9 Å². The number of nitrogens with zero attached hydrogens (tertiary/aromatic N) is 1. The minimum atomic E-state index is 0.338. The number of hydrogen-bond donors (Lipinski definition) is 1. The van der Waals surface area contributed by atoms with E-state index in [1.165, 1.54) is 11.8 Å². The van der Waals surface area contributed by atoms with Crippen LogP contribution in [-0.4, -0.2) is 11.2 Å². The first kappa shape index (κ1) is 14.6. The van der Waals surface area contributed by atoms with Crippen molar-refractivity contribution in [2.24, 2.45) is 0 Å². The minimum Gasteiger partial charge on any atom is -0.357 e. The summed E-state index contributed by atoms with van der Waals surface area (Å²) < 4.78 is 0. The maximum Gasteiger partial charge on any atom is 0.102 e. The van der Waals surface area contributed by atoms with Gasteiger partial charge in [0.05, 0.1) is 21.1 Å². The van der Waals surface area contributed by atoms with Crippen LogP contribution in [0.4, 0.5) is 0 Å². The number of H-pyrrole nitrogens is 1. The molecule has 19 heavy (non-hydrogen) atoms. The number of halogens is 2. The van der Waals surface area contributed by atoms with Crippen molar-refractivity contribution >= 4 is 45.9 Å². The molecule has 0 fully saturated rings. The number of rotatable bonds is 4. The number of aromatic nitrogens is 1. The molecular weight excluding hydrogens is 299 g/mol. The third-order valence-electron chi connectivity index (χ3n) is 3.09. The standard InChI is InChI=1S/C14H14Cl2N2S/c1-3-4-5-8-6-9-13(18-8)12(16)11(15)10(7-17)14(9)19-2/h6,18H,3-5H2,1-2H3. The van der Waals surface area contributed by atoms with E-state index in [-0.39, 0.29) is 0 Å². The molecule has 0 saturated heterocycles. The minimum absolute atomic E-state index is 0.338. The molecule has 1 N–H and O–H groups in total. The molecule has 0 saturated carbocycles. The third-order valence-corrected chi connectivity index (χ3v) is 4.78. The molecule has 2 rings (SSSR count). The second-order valence-electron chi connectivity index (χ2n) is 4.33. The zero-order valence-corrected chi connectivity index (χ0v) is 13.1. The fourth-order valence-corrected chi connectivity index (χ4v) is 3.39. The van der Waals surface area contributed by atoms with Gasteiger partial charge in [0.1, 0.15) is 6.07 Å². The number of fused-ring (bicyclic) bond motifs is 1. The number of nitrogens with one attached hydrogen (secondary N) is 1. The zero-order valence-electron chi connectivity index (χ0n) is 10.8. The van der Waals surface area contributed by atoms with Gasteiger partial charge in [0.2, 0.25) is 0 Å². The monoisotopic (exact) mass is 312 g/mol. The highest BCUT2D eigenvalue weighted by molar-refractivity contribution is 7.98. The van der Waals surface area contributed by atoms with E-state index in [1.807, 2.05) is 6.26 Å². The number of unbranched alkanes of at least 4 members (excludes halogenated alkanes) is 1. The van der Waals surface area contributed by atoms with E-state index >= 15 is 0 Å². The van der Waals surface area contributed by atoms with Crippen LogP contribution in [0.2, 0.25) is 10.0 Å². The molecule has 0 aliphatic heterocycles. The lowest BCUT2D eigenvalue weighted by molar-refractivity contribution is 0.782. The van der Waals surface area contributed by atoms with Gasteiger partial charge in [-0.15, -0.1) is 11.8 Å². The molecule has 5 heteroatoms. The summed E-state index contributed by atoms with van der Waals surface area (Å²) >= 11 is 14.0. The van der Waals surface area contributed by atoms with Gasteiger partial charge < -0.3 is 4.98 Å². The summed E-state index contributed by atoms with van der Waals surface area (Å²) in [5, 5.41) is 11.0. The Kier molecular flexibility index (Phi) is 4.67. The van der Waals surface area contributed by atoms with Gasteiger partial charge in [-0.2, -0.15) is 5.26 Å². The van der Waals surface area contributed by atoms with Gasteiger partial charge in [0.15, 0.2) is 0 Å². The van der Waals surface area contributed by atoms with E-state index in [0.717, 1.165) is 40.8 Å².